The summed E-state index contributed by atoms with van der Waals surface area (Å²) in [4.78, 5) is 20.0. The zero-order valence-electron chi connectivity index (χ0n) is 10.2. The summed E-state index contributed by atoms with van der Waals surface area (Å²) < 4.78 is 0. The van der Waals surface area contributed by atoms with E-state index in [0.717, 1.165) is 13.0 Å². The van der Waals surface area contributed by atoms with E-state index < -0.39 is 0 Å². The van der Waals surface area contributed by atoms with Gasteiger partial charge in [0.1, 0.15) is 6.54 Å². The normalized spacial score (nSPS) is 13.2. The van der Waals surface area contributed by atoms with Gasteiger partial charge in [0.15, 0.2) is 0 Å². The van der Waals surface area contributed by atoms with E-state index >= 15 is 0 Å². The van der Waals surface area contributed by atoms with Gasteiger partial charge in [0.2, 0.25) is 5.91 Å². The number of nitrogens with two attached hydrogens (primary N) is 1. The molecule has 1 aromatic rings. The zero-order valence-corrected chi connectivity index (χ0v) is 10.2. The molecule has 1 aromatic carbocycles. The molecule has 0 aromatic heterocycles. The van der Waals surface area contributed by atoms with Crippen molar-refractivity contribution >= 4 is 11.8 Å². The first-order chi connectivity index (χ1) is 8.58. The van der Waals surface area contributed by atoms with Crippen LogP contribution in [0, 0.1) is 0 Å². The smallest absolute Gasteiger partial charge is 0.287 e. The number of rotatable bonds is 3. The van der Waals surface area contributed by atoms with E-state index in [2.05, 4.69) is 28.2 Å². The number of nitrogens with zero attached hydrogens (tertiary/aromatic N) is 3. The molecule has 0 bridgehead atoms. The molecule has 0 spiro atoms. The summed E-state index contributed by atoms with van der Waals surface area (Å²) in [5.74, 6) is -0.488. The fraction of sp³-hybridized carbons (Fsp3) is 0.333. The molecule has 6 nitrogen and oxygen atoms in total. The lowest BCUT2D eigenvalue weighted by Gasteiger charge is -2.09. The summed E-state index contributed by atoms with van der Waals surface area (Å²) in [6.45, 7) is 2.38. The minimum Gasteiger partial charge on any atom is -0.370 e. The molecular weight excluding hydrogens is 232 g/mol. The Morgan fingerprint density at radius 1 is 1.39 bits per heavy atom. The van der Waals surface area contributed by atoms with Crippen molar-refractivity contribution in [2.24, 2.45) is 16.1 Å². The number of hydrogen-bond acceptors (Lipinski definition) is 4. The Bertz CT molecular complexity index is 427. The molecule has 6 heteroatoms. The van der Waals surface area contributed by atoms with Gasteiger partial charge < -0.3 is 5.73 Å². The van der Waals surface area contributed by atoms with E-state index in [-0.39, 0.29) is 11.8 Å². The first kappa shape index (κ1) is 13.8. The number of benzene rings is 1. The highest BCUT2D eigenvalue weighted by Gasteiger charge is 2.14. The molecule has 0 saturated heterocycles. The standard InChI is InChI=1S/C10H11N3O.C2H5NO/c14-10-8-13(12-11-10)7-6-9-4-2-1-3-5-9;1-2(3)4/h1-5H,6-8H2;1H3,(H2,3,4). The molecular formula is C12H16N4O2. The summed E-state index contributed by atoms with van der Waals surface area (Å²) in [7, 11) is 0. The van der Waals surface area contributed by atoms with Gasteiger partial charge in [-0.1, -0.05) is 40.7 Å². The van der Waals surface area contributed by atoms with Crippen LogP contribution >= 0.6 is 0 Å². The van der Waals surface area contributed by atoms with E-state index in [0.29, 0.717) is 6.54 Å². The Morgan fingerprint density at radius 2 is 2.00 bits per heavy atom. The number of hydrogen-bond donors (Lipinski definition) is 1. The van der Waals surface area contributed by atoms with Crippen LogP contribution in [0.25, 0.3) is 0 Å². The van der Waals surface area contributed by atoms with Crippen LogP contribution < -0.4 is 5.73 Å². The average molecular weight is 248 g/mol. The third-order valence-corrected chi connectivity index (χ3v) is 2.10. The molecule has 0 fully saturated rings. The van der Waals surface area contributed by atoms with Crippen LogP contribution in [0.2, 0.25) is 0 Å². The SMILES string of the molecule is CC(N)=O.O=C1CN(CCc2ccccc2)N=N1. The van der Waals surface area contributed by atoms with Crippen LogP contribution in [-0.4, -0.2) is 29.9 Å². The summed E-state index contributed by atoms with van der Waals surface area (Å²) in [6, 6.07) is 10.1. The summed E-state index contributed by atoms with van der Waals surface area (Å²) in [5, 5.41) is 8.87. The lowest BCUT2D eigenvalue weighted by molar-refractivity contribution is -0.117. The molecule has 2 N–H and O–H groups in total. The maximum atomic E-state index is 10.8. The van der Waals surface area contributed by atoms with Crippen LogP contribution in [0.3, 0.4) is 0 Å². The fourth-order valence-corrected chi connectivity index (χ4v) is 1.36. The van der Waals surface area contributed by atoms with Crippen molar-refractivity contribution in [2.75, 3.05) is 13.1 Å². The number of primary amides is 1. The van der Waals surface area contributed by atoms with E-state index in [9.17, 15) is 9.59 Å². The van der Waals surface area contributed by atoms with Crippen LogP contribution in [0.1, 0.15) is 12.5 Å². The molecule has 1 aliphatic heterocycles. The Morgan fingerprint density at radius 3 is 2.50 bits per heavy atom. The van der Waals surface area contributed by atoms with Gasteiger partial charge in [0, 0.05) is 13.5 Å². The summed E-state index contributed by atoms with van der Waals surface area (Å²) >= 11 is 0. The van der Waals surface area contributed by atoms with Crippen molar-refractivity contribution in [1.29, 1.82) is 0 Å². The average Bonchev–Trinajstić information content (AvgIpc) is 2.73. The molecule has 0 unspecified atom stereocenters. The highest BCUT2D eigenvalue weighted by molar-refractivity contribution is 5.79. The Kier molecular flexibility index (Phi) is 5.50. The zero-order chi connectivity index (χ0) is 13.4. The van der Waals surface area contributed by atoms with Gasteiger partial charge in [0.05, 0.1) is 0 Å². The van der Waals surface area contributed by atoms with Crippen molar-refractivity contribution < 1.29 is 9.59 Å². The van der Waals surface area contributed by atoms with Gasteiger partial charge in [-0.3, -0.25) is 14.6 Å². The van der Waals surface area contributed by atoms with Crippen LogP contribution in [-0.2, 0) is 16.0 Å². The van der Waals surface area contributed by atoms with E-state index in [1.807, 2.05) is 18.2 Å². The highest BCUT2D eigenvalue weighted by atomic mass is 16.2. The van der Waals surface area contributed by atoms with Gasteiger partial charge >= 0.3 is 0 Å². The predicted octanol–water partition coefficient (Wildman–Crippen LogP) is 0.930. The molecule has 0 aliphatic carbocycles. The van der Waals surface area contributed by atoms with Crippen molar-refractivity contribution in [3.05, 3.63) is 35.9 Å². The maximum absolute atomic E-state index is 10.8. The second kappa shape index (κ2) is 7.16. The molecule has 1 aliphatic rings. The van der Waals surface area contributed by atoms with Crippen LogP contribution in [0.15, 0.2) is 40.7 Å². The first-order valence-corrected chi connectivity index (χ1v) is 5.57. The molecule has 0 atom stereocenters. The molecule has 0 radical (unpaired) electrons. The molecule has 2 amide bonds. The second-order valence-corrected chi connectivity index (χ2v) is 3.82. The van der Waals surface area contributed by atoms with Gasteiger partial charge in [-0.25, -0.2) is 0 Å². The molecule has 18 heavy (non-hydrogen) atoms. The Balaban J connectivity index is 0.000000357. The topological polar surface area (TPSA) is 88.1 Å². The van der Waals surface area contributed by atoms with Crippen LogP contribution in [0.5, 0.6) is 0 Å². The highest BCUT2D eigenvalue weighted by Crippen LogP contribution is 2.05. The fourth-order valence-electron chi connectivity index (χ4n) is 1.36. The number of carbonyl (C=O) groups is 2. The van der Waals surface area contributed by atoms with Crippen molar-refractivity contribution in [2.45, 2.75) is 13.3 Å². The van der Waals surface area contributed by atoms with E-state index in [1.165, 1.54) is 12.5 Å². The quantitative estimate of drug-likeness (QED) is 0.863. The van der Waals surface area contributed by atoms with Gasteiger partial charge in [-0.2, -0.15) is 0 Å². The Hall–Kier alpha value is -2.24. The molecule has 2 rings (SSSR count). The molecule has 0 saturated carbocycles. The third kappa shape index (κ3) is 5.74. The lowest BCUT2D eigenvalue weighted by atomic mass is 10.1. The van der Waals surface area contributed by atoms with Gasteiger partial charge in [-0.05, 0) is 12.0 Å². The second-order valence-electron chi connectivity index (χ2n) is 3.82. The third-order valence-electron chi connectivity index (χ3n) is 2.10. The summed E-state index contributed by atoms with van der Waals surface area (Å²) in [5.41, 5.74) is 5.72. The minimum atomic E-state index is -0.333. The van der Waals surface area contributed by atoms with Crippen LogP contribution in [0.4, 0.5) is 0 Å². The largest absolute Gasteiger partial charge is 0.370 e. The molecule has 1 heterocycles. The Labute approximate surface area is 105 Å². The van der Waals surface area contributed by atoms with E-state index in [4.69, 9.17) is 0 Å². The van der Waals surface area contributed by atoms with Crippen molar-refractivity contribution in [1.82, 2.24) is 5.01 Å². The summed E-state index contributed by atoms with van der Waals surface area (Å²) in [6.07, 6.45) is 0.896. The van der Waals surface area contributed by atoms with Gasteiger partial charge in [-0.15, -0.1) is 0 Å². The predicted molar refractivity (Wildman–Crippen MR) is 66.5 cm³/mol. The lowest BCUT2D eigenvalue weighted by Crippen LogP contribution is -2.20. The maximum Gasteiger partial charge on any atom is 0.287 e. The monoisotopic (exact) mass is 248 g/mol. The molecule has 96 valence electrons. The minimum absolute atomic E-state index is 0.155. The van der Waals surface area contributed by atoms with E-state index in [1.54, 1.807) is 5.01 Å². The van der Waals surface area contributed by atoms with Gasteiger partial charge in [0.25, 0.3) is 5.91 Å². The number of amides is 2. The van der Waals surface area contributed by atoms with Crippen molar-refractivity contribution in [3.8, 4) is 0 Å². The van der Waals surface area contributed by atoms with Crippen molar-refractivity contribution in [3.63, 3.8) is 0 Å². The number of carbonyl (C=O) groups excluding carboxylic acids is 2. The first-order valence-electron chi connectivity index (χ1n) is 5.57.